The van der Waals surface area contributed by atoms with E-state index in [-0.39, 0.29) is 19.4 Å². The van der Waals surface area contributed by atoms with E-state index in [0.717, 1.165) is 24.2 Å². The first-order chi connectivity index (χ1) is 11.5. The third-order valence-electron chi connectivity index (χ3n) is 4.10. The summed E-state index contributed by atoms with van der Waals surface area (Å²) in [5.41, 5.74) is 0. The molecule has 1 atom stereocenters. The van der Waals surface area contributed by atoms with E-state index >= 15 is 0 Å². The van der Waals surface area contributed by atoms with Crippen LogP contribution in [-0.2, 0) is 14.4 Å². The summed E-state index contributed by atoms with van der Waals surface area (Å²) in [6, 6.07) is -1.28. The highest BCUT2D eigenvalue weighted by molar-refractivity contribution is 5.98. The van der Waals surface area contributed by atoms with E-state index in [2.05, 4.69) is 6.92 Å². The summed E-state index contributed by atoms with van der Waals surface area (Å²) in [6.07, 6.45) is 10.1. The maximum Gasteiger partial charge on any atom is 0.327 e. The molecule has 0 spiro atoms. The molecule has 0 aromatic heterocycles. The van der Waals surface area contributed by atoms with Crippen LogP contribution in [0, 0.1) is 0 Å². The normalized spacial score (nSPS) is 12.0. The SMILES string of the molecule is CCCCCCCCCCCC(=O)N(C(C)=O)[C@@H](CCO)C(=O)O. The lowest BCUT2D eigenvalue weighted by Gasteiger charge is -2.25. The Bertz CT molecular complexity index is 384. The number of aliphatic hydroxyl groups excluding tert-OH is 1. The molecule has 0 aromatic carbocycles. The summed E-state index contributed by atoms with van der Waals surface area (Å²) in [5.74, 6) is -2.32. The van der Waals surface area contributed by atoms with Crippen LogP contribution in [0.5, 0.6) is 0 Å². The monoisotopic (exact) mass is 343 g/mol. The number of nitrogens with zero attached hydrogens (tertiary/aromatic N) is 1. The zero-order valence-electron chi connectivity index (χ0n) is 15.1. The Hall–Kier alpha value is -1.43. The first-order valence-electron chi connectivity index (χ1n) is 9.12. The van der Waals surface area contributed by atoms with Gasteiger partial charge in [0.15, 0.2) is 0 Å². The molecule has 0 fully saturated rings. The van der Waals surface area contributed by atoms with Crippen molar-refractivity contribution in [1.82, 2.24) is 4.90 Å². The number of aliphatic hydroxyl groups is 1. The zero-order chi connectivity index (χ0) is 18.4. The second kappa shape index (κ2) is 14.0. The summed E-state index contributed by atoms with van der Waals surface area (Å²) < 4.78 is 0. The lowest BCUT2D eigenvalue weighted by atomic mass is 10.1. The minimum Gasteiger partial charge on any atom is -0.480 e. The summed E-state index contributed by atoms with van der Waals surface area (Å²) >= 11 is 0. The molecule has 24 heavy (non-hydrogen) atoms. The highest BCUT2D eigenvalue weighted by Crippen LogP contribution is 2.13. The van der Waals surface area contributed by atoms with Crippen molar-refractivity contribution in [2.24, 2.45) is 0 Å². The van der Waals surface area contributed by atoms with Crippen LogP contribution in [0.1, 0.15) is 84.5 Å². The molecular formula is C18H33NO5. The van der Waals surface area contributed by atoms with Crippen molar-refractivity contribution in [3.63, 3.8) is 0 Å². The fourth-order valence-corrected chi connectivity index (χ4v) is 2.76. The van der Waals surface area contributed by atoms with Gasteiger partial charge in [0, 0.05) is 26.4 Å². The molecule has 2 N–H and O–H groups in total. The van der Waals surface area contributed by atoms with Crippen molar-refractivity contribution in [2.75, 3.05) is 6.61 Å². The van der Waals surface area contributed by atoms with Gasteiger partial charge in [0.05, 0.1) is 0 Å². The summed E-state index contributed by atoms with van der Waals surface area (Å²) in [5, 5.41) is 18.1. The standard InChI is InChI=1S/C18H33NO5/c1-3-4-5-6-7-8-9-10-11-12-17(22)19(15(2)21)16(13-14-20)18(23)24/h16,20H,3-14H2,1-2H3,(H,23,24)/t16-/m0/s1. The smallest absolute Gasteiger partial charge is 0.327 e. The molecular weight excluding hydrogens is 310 g/mol. The van der Waals surface area contributed by atoms with E-state index in [1.54, 1.807) is 0 Å². The fraction of sp³-hybridized carbons (Fsp3) is 0.833. The molecule has 140 valence electrons. The van der Waals surface area contributed by atoms with Crippen LogP contribution in [-0.4, -0.2) is 45.5 Å². The minimum atomic E-state index is -1.28. The largest absolute Gasteiger partial charge is 0.480 e. The molecule has 0 aliphatic heterocycles. The Labute approximate surface area is 145 Å². The Kier molecular flexibility index (Phi) is 13.1. The summed E-state index contributed by atoms with van der Waals surface area (Å²) in [4.78, 5) is 35.8. The molecule has 0 aliphatic carbocycles. The number of rotatable bonds is 14. The van der Waals surface area contributed by atoms with E-state index < -0.39 is 23.8 Å². The van der Waals surface area contributed by atoms with Crippen LogP contribution in [0.25, 0.3) is 0 Å². The Morgan fingerprint density at radius 2 is 1.42 bits per heavy atom. The van der Waals surface area contributed by atoms with E-state index in [9.17, 15) is 14.4 Å². The molecule has 0 saturated heterocycles. The number of amides is 2. The molecule has 2 amide bonds. The van der Waals surface area contributed by atoms with Crippen molar-refractivity contribution in [1.29, 1.82) is 0 Å². The number of carbonyl (C=O) groups is 3. The number of unbranched alkanes of at least 4 members (excludes halogenated alkanes) is 8. The van der Waals surface area contributed by atoms with Crippen molar-refractivity contribution >= 4 is 17.8 Å². The third-order valence-corrected chi connectivity index (χ3v) is 4.10. The first-order valence-corrected chi connectivity index (χ1v) is 9.12. The van der Waals surface area contributed by atoms with Gasteiger partial charge >= 0.3 is 5.97 Å². The second-order valence-corrected chi connectivity index (χ2v) is 6.23. The molecule has 0 aromatic rings. The van der Waals surface area contributed by atoms with E-state index in [4.69, 9.17) is 10.2 Å². The number of imide groups is 1. The Balaban J connectivity index is 4.12. The number of carbonyl (C=O) groups excluding carboxylic acids is 2. The predicted molar refractivity (Wildman–Crippen MR) is 92.5 cm³/mol. The van der Waals surface area contributed by atoms with Gasteiger partial charge < -0.3 is 10.2 Å². The number of carboxylic acid groups (broad SMARTS) is 1. The topological polar surface area (TPSA) is 94.9 Å². The van der Waals surface area contributed by atoms with Crippen LogP contribution < -0.4 is 0 Å². The zero-order valence-corrected chi connectivity index (χ0v) is 15.1. The average molecular weight is 343 g/mol. The first kappa shape index (κ1) is 22.6. The van der Waals surface area contributed by atoms with E-state index in [0.29, 0.717) is 6.42 Å². The molecule has 0 bridgehead atoms. The molecule has 0 saturated carbocycles. The molecule has 0 unspecified atom stereocenters. The van der Waals surface area contributed by atoms with Gasteiger partial charge in [0.25, 0.3) is 0 Å². The van der Waals surface area contributed by atoms with E-state index in [1.165, 1.54) is 39.0 Å². The molecule has 6 nitrogen and oxygen atoms in total. The Morgan fingerprint density at radius 1 is 0.917 bits per heavy atom. The summed E-state index contributed by atoms with van der Waals surface area (Å²) in [7, 11) is 0. The fourth-order valence-electron chi connectivity index (χ4n) is 2.76. The maximum absolute atomic E-state index is 12.2. The molecule has 0 radical (unpaired) electrons. The lowest BCUT2D eigenvalue weighted by molar-refractivity contribution is -0.158. The maximum atomic E-state index is 12.2. The van der Waals surface area contributed by atoms with Gasteiger partial charge in [-0.1, -0.05) is 58.3 Å². The highest BCUT2D eigenvalue weighted by Gasteiger charge is 2.31. The second-order valence-electron chi connectivity index (χ2n) is 6.23. The number of carboxylic acids is 1. The van der Waals surface area contributed by atoms with Gasteiger partial charge in [-0.3, -0.25) is 14.5 Å². The van der Waals surface area contributed by atoms with E-state index in [1.807, 2.05) is 0 Å². The predicted octanol–water partition coefficient (Wildman–Crippen LogP) is 3.12. The molecule has 6 heteroatoms. The number of hydrogen-bond acceptors (Lipinski definition) is 4. The quantitative estimate of drug-likeness (QED) is 0.473. The van der Waals surface area contributed by atoms with Crippen LogP contribution in [0.2, 0.25) is 0 Å². The summed E-state index contributed by atoms with van der Waals surface area (Å²) in [6.45, 7) is 2.99. The molecule has 0 aliphatic rings. The van der Waals surface area contributed by atoms with Crippen LogP contribution in [0.3, 0.4) is 0 Å². The number of aliphatic carboxylic acids is 1. The van der Waals surface area contributed by atoms with Crippen molar-refractivity contribution in [2.45, 2.75) is 90.5 Å². The van der Waals surface area contributed by atoms with Crippen LogP contribution in [0.4, 0.5) is 0 Å². The molecule has 0 heterocycles. The minimum absolute atomic E-state index is 0.140. The van der Waals surface area contributed by atoms with Crippen molar-refractivity contribution < 1.29 is 24.6 Å². The highest BCUT2D eigenvalue weighted by atomic mass is 16.4. The van der Waals surface area contributed by atoms with Gasteiger partial charge in [0.1, 0.15) is 6.04 Å². The molecule has 0 rings (SSSR count). The van der Waals surface area contributed by atoms with Crippen LogP contribution >= 0.6 is 0 Å². The van der Waals surface area contributed by atoms with Gasteiger partial charge in [-0.05, 0) is 6.42 Å². The number of hydrogen-bond donors (Lipinski definition) is 2. The van der Waals surface area contributed by atoms with Crippen LogP contribution in [0.15, 0.2) is 0 Å². The van der Waals surface area contributed by atoms with Gasteiger partial charge in [-0.2, -0.15) is 0 Å². The van der Waals surface area contributed by atoms with Gasteiger partial charge in [-0.15, -0.1) is 0 Å². The lowest BCUT2D eigenvalue weighted by Crippen LogP contribution is -2.48. The third kappa shape index (κ3) is 9.65. The average Bonchev–Trinajstić information content (AvgIpc) is 2.52. The Morgan fingerprint density at radius 3 is 1.83 bits per heavy atom. The van der Waals surface area contributed by atoms with Gasteiger partial charge in [-0.25, -0.2) is 4.79 Å². The van der Waals surface area contributed by atoms with Crippen molar-refractivity contribution in [3.8, 4) is 0 Å². The van der Waals surface area contributed by atoms with Crippen molar-refractivity contribution in [3.05, 3.63) is 0 Å². The van der Waals surface area contributed by atoms with Gasteiger partial charge in [0.2, 0.25) is 11.8 Å².